The van der Waals surface area contributed by atoms with E-state index in [-0.39, 0.29) is 11.9 Å². The Labute approximate surface area is 159 Å². The third kappa shape index (κ3) is 5.14. The number of halogens is 1. The molecule has 0 bridgehead atoms. The van der Waals surface area contributed by atoms with Gasteiger partial charge in [0, 0.05) is 35.5 Å². The first kappa shape index (κ1) is 18.6. The SMILES string of the molecule is CCN1C(=NC2CCCCC2)SCC1CC(=O)Nc1ccc(Cl)cc1. The predicted molar refractivity (Wildman–Crippen MR) is 108 cm³/mol. The second-order valence-electron chi connectivity index (χ2n) is 6.71. The van der Waals surface area contributed by atoms with Crippen molar-refractivity contribution < 1.29 is 4.79 Å². The van der Waals surface area contributed by atoms with E-state index < -0.39 is 0 Å². The number of carbonyl (C=O) groups excluding carboxylic acids is 1. The van der Waals surface area contributed by atoms with Crippen molar-refractivity contribution in [2.45, 2.75) is 57.5 Å². The fourth-order valence-corrected chi connectivity index (χ4v) is 4.93. The number of carbonyl (C=O) groups is 1. The van der Waals surface area contributed by atoms with Gasteiger partial charge in [-0.25, -0.2) is 0 Å². The minimum Gasteiger partial charge on any atom is -0.347 e. The van der Waals surface area contributed by atoms with Crippen LogP contribution in [0.4, 0.5) is 5.69 Å². The molecule has 6 heteroatoms. The summed E-state index contributed by atoms with van der Waals surface area (Å²) in [5, 5.41) is 4.77. The van der Waals surface area contributed by atoms with E-state index >= 15 is 0 Å². The molecular weight excluding hydrogens is 354 g/mol. The minimum atomic E-state index is 0.0466. The lowest BCUT2D eigenvalue weighted by Crippen LogP contribution is -2.37. The van der Waals surface area contributed by atoms with Crippen molar-refractivity contribution >= 4 is 40.1 Å². The van der Waals surface area contributed by atoms with E-state index in [4.69, 9.17) is 16.6 Å². The molecule has 1 aromatic rings. The number of aliphatic imine (C=N–C) groups is 1. The van der Waals surface area contributed by atoms with Crippen molar-refractivity contribution in [3.8, 4) is 0 Å². The van der Waals surface area contributed by atoms with Crippen molar-refractivity contribution in [2.24, 2.45) is 4.99 Å². The van der Waals surface area contributed by atoms with Crippen molar-refractivity contribution in [1.82, 2.24) is 4.90 Å². The van der Waals surface area contributed by atoms with Gasteiger partial charge in [-0.1, -0.05) is 42.6 Å². The summed E-state index contributed by atoms with van der Waals surface area (Å²) >= 11 is 7.69. The predicted octanol–water partition coefficient (Wildman–Crippen LogP) is 4.79. The van der Waals surface area contributed by atoms with Gasteiger partial charge in [0.15, 0.2) is 5.17 Å². The molecule has 1 aliphatic heterocycles. The number of amides is 1. The molecule has 1 amide bonds. The van der Waals surface area contributed by atoms with Crippen LogP contribution in [0.15, 0.2) is 29.3 Å². The van der Waals surface area contributed by atoms with Crippen LogP contribution in [0.25, 0.3) is 0 Å². The van der Waals surface area contributed by atoms with E-state index in [1.54, 1.807) is 23.9 Å². The van der Waals surface area contributed by atoms with Crippen LogP contribution in [-0.4, -0.2) is 40.4 Å². The lowest BCUT2D eigenvalue weighted by Gasteiger charge is -2.26. The zero-order chi connectivity index (χ0) is 17.6. The average molecular weight is 380 g/mol. The first-order valence-corrected chi connectivity index (χ1v) is 10.5. The van der Waals surface area contributed by atoms with Gasteiger partial charge >= 0.3 is 0 Å². The van der Waals surface area contributed by atoms with Gasteiger partial charge < -0.3 is 10.2 Å². The molecule has 2 aliphatic rings. The number of nitrogens with zero attached hydrogens (tertiary/aromatic N) is 2. The molecule has 0 aromatic heterocycles. The fraction of sp³-hybridized carbons (Fsp3) is 0.579. The number of hydrogen-bond acceptors (Lipinski definition) is 3. The molecule has 0 radical (unpaired) electrons. The highest BCUT2D eigenvalue weighted by atomic mass is 35.5. The van der Waals surface area contributed by atoms with Crippen LogP contribution in [-0.2, 0) is 4.79 Å². The van der Waals surface area contributed by atoms with E-state index in [1.807, 2.05) is 12.1 Å². The monoisotopic (exact) mass is 379 g/mol. The number of thioether (sulfide) groups is 1. The summed E-state index contributed by atoms with van der Waals surface area (Å²) in [6, 6.07) is 7.94. The Morgan fingerprint density at radius 1 is 1.28 bits per heavy atom. The molecule has 1 saturated carbocycles. The van der Waals surface area contributed by atoms with Crippen LogP contribution in [0.3, 0.4) is 0 Å². The molecule has 1 atom stereocenters. The van der Waals surface area contributed by atoms with Crippen LogP contribution in [0.2, 0.25) is 5.02 Å². The Balaban J connectivity index is 1.57. The van der Waals surface area contributed by atoms with Crippen LogP contribution >= 0.6 is 23.4 Å². The molecule has 1 aromatic carbocycles. The average Bonchev–Trinajstić information content (AvgIpc) is 2.99. The Hall–Kier alpha value is -1.20. The highest BCUT2D eigenvalue weighted by molar-refractivity contribution is 8.14. The van der Waals surface area contributed by atoms with E-state index in [9.17, 15) is 4.79 Å². The highest BCUT2D eigenvalue weighted by Gasteiger charge is 2.31. The van der Waals surface area contributed by atoms with E-state index in [1.165, 1.54) is 32.1 Å². The molecule has 25 heavy (non-hydrogen) atoms. The summed E-state index contributed by atoms with van der Waals surface area (Å²) in [6.45, 7) is 3.05. The quantitative estimate of drug-likeness (QED) is 0.799. The van der Waals surface area contributed by atoms with E-state index in [0.29, 0.717) is 17.5 Å². The summed E-state index contributed by atoms with van der Waals surface area (Å²) in [5.41, 5.74) is 0.791. The second kappa shape index (κ2) is 8.95. The number of amidine groups is 1. The molecule has 0 spiro atoms. The van der Waals surface area contributed by atoms with Gasteiger partial charge in [0.2, 0.25) is 5.91 Å². The maximum absolute atomic E-state index is 12.4. The molecular formula is C19H26ClN3OS. The van der Waals surface area contributed by atoms with Gasteiger partial charge in [-0.15, -0.1) is 0 Å². The smallest absolute Gasteiger partial charge is 0.226 e. The zero-order valence-electron chi connectivity index (χ0n) is 14.7. The molecule has 1 aliphatic carbocycles. The number of benzene rings is 1. The summed E-state index contributed by atoms with van der Waals surface area (Å²) in [4.78, 5) is 19.7. The Bertz CT molecular complexity index is 614. The number of nitrogens with one attached hydrogen (secondary N) is 1. The van der Waals surface area contributed by atoms with Crippen LogP contribution in [0, 0.1) is 0 Å². The molecule has 136 valence electrons. The van der Waals surface area contributed by atoms with Gasteiger partial charge in [-0.05, 0) is 44.0 Å². The van der Waals surface area contributed by atoms with Crippen LogP contribution in [0.5, 0.6) is 0 Å². The molecule has 1 unspecified atom stereocenters. The fourth-order valence-electron chi connectivity index (χ4n) is 3.50. The van der Waals surface area contributed by atoms with Gasteiger partial charge in [0.1, 0.15) is 0 Å². The molecule has 4 nitrogen and oxygen atoms in total. The molecule has 2 fully saturated rings. The van der Waals surface area contributed by atoms with Crippen LogP contribution in [0.1, 0.15) is 45.4 Å². The lowest BCUT2D eigenvalue weighted by molar-refractivity contribution is -0.116. The van der Waals surface area contributed by atoms with Gasteiger partial charge in [-0.2, -0.15) is 0 Å². The third-order valence-electron chi connectivity index (χ3n) is 4.85. The van der Waals surface area contributed by atoms with E-state index in [2.05, 4.69) is 17.1 Å². The molecule has 1 saturated heterocycles. The Morgan fingerprint density at radius 3 is 2.68 bits per heavy atom. The summed E-state index contributed by atoms with van der Waals surface area (Å²) in [5.74, 6) is 0.984. The largest absolute Gasteiger partial charge is 0.347 e. The van der Waals surface area contributed by atoms with Crippen molar-refractivity contribution in [3.05, 3.63) is 29.3 Å². The number of rotatable bonds is 5. The highest BCUT2D eigenvalue weighted by Crippen LogP contribution is 2.29. The standard InChI is InChI=1S/C19H26ClN3OS/c1-2-23-17(12-18(24)21-16-10-8-14(20)9-11-16)13-25-19(23)22-15-6-4-3-5-7-15/h8-11,15,17H,2-7,12-13H2,1H3,(H,21,24). The molecule has 1 N–H and O–H groups in total. The maximum Gasteiger partial charge on any atom is 0.226 e. The topological polar surface area (TPSA) is 44.7 Å². The number of hydrogen-bond donors (Lipinski definition) is 1. The molecule has 1 heterocycles. The van der Waals surface area contributed by atoms with Crippen molar-refractivity contribution in [2.75, 3.05) is 17.6 Å². The normalized spacial score (nSPS) is 23.2. The van der Waals surface area contributed by atoms with Gasteiger partial charge in [0.05, 0.1) is 6.04 Å². The van der Waals surface area contributed by atoms with Crippen molar-refractivity contribution in [1.29, 1.82) is 0 Å². The summed E-state index contributed by atoms with van der Waals surface area (Å²) in [7, 11) is 0. The van der Waals surface area contributed by atoms with Crippen LogP contribution < -0.4 is 5.32 Å². The first-order chi connectivity index (χ1) is 12.2. The Morgan fingerprint density at radius 2 is 2.00 bits per heavy atom. The van der Waals surface area contributed by atoms with Gasteiger partial charge in [0.25, 0.3) is 0 Å². The molecule has 3 rings (SSSR count). The Kier molecular flexibility index (Phi) is 6.65. The number of anilines is 1. The van der Waals surface area contributed by atoms with E-state index in [0.717, 1.165) is 23.2 Å². The zero-order valence-corrected chi connectivity index (χ0v) is 16.3. The first-order valence-electron chi connectivity index (χ1n) is 9.18. The maximum atomic E-state index is 12.4. The van der Waals surface area contributed by atoms with Gasteiger partial charge in [-0.3, -0.25) is 9.79 Å². The third-order valence-corrected chi connectivity index (χ3v) is 6.25. The second-order valence-corrected chi connectivity index (χ2v) is 8.14. The minimum absolute atomic E-state index is 0.0466. The lowest BCUT2D eigenvalue weighted by atomic mass is 9.96. The summed E-state index contributed by atoms with van der Waals surface area (Å²) in [6.07, 6.45) is 6.86. The van der Waals surface area contributed by atoms with Crippen molar-refractivity contribution in [3.63, 3.8) is 0 Å². The summed E-state index contributed by atoms with van der Waals surface area (Å²) < 4.78 is 0.